The Labute approximate surface area is 148 Å². The van der Waals surface area contributed by atoms with E-state index < -0.39 is 5.41 Å². The highest BCUT2D eigenvalue weighted by Crippen LogP contribution is 2.44. The molecule has 0 atom stereocenters. The van der Waals surface area contributed by atoms with E-state index in [0.29, 0.717) is 0 Å². The van der Waals surface area contributed by atoms with Gasteiger partial charge in [0.05, 0.1) is 4.88 Å². The van der Waals surface area contributed by atoms with E-state index in [9.17, 15) is 4.79 Å². The quantitative estimate of drug-likeness (QED) is 0.534. The molecule has 0 saturated heterocycles. The summed E-state index contributed by atoms with van der Waals surface area (Å²) < 4.78 is 10.9. The molecule has 0 aliphatic carbocycles. The van der Waals surface area contributed by atoms with Gasteiger partial charge in [0.2, 0.25) is 0 Å². The highest BCUT2D eigenvalue weighted by molar-refractivity contribution is 7.14. The van der Waals surface area contributed by atoms with Crippen molar-refractivity contribution in [3.8, 4) is 16.2 Å². The topological polar surface area (TPSA) is 35.5 Å². The lowest BCUT2D eigenvalue weighted by Crippen LogP contribution is -2.19. The molecule has 0 spiro atoms. The normalized spacial score (nSPS) is 12.2. The Hall–Kier alpha value is -1.65. The molecule has 0 radical (unpaired) electrons. The van der Waals surface area contributed by atoms with Crippen LogP contribution in [-0.4, -0.2) is 20.2 Å². The summed E-state index contributed by atoms with van der Waals surface area (Å²) in [7, 11) is 1.59. The van der Waals surface area contributed by atoms with Gasteiger partial charge in [0.15, 0.2) is 6.79 Å². The molecule has 1 aromatic carbocycles. The molecule has 130 valence electrons. The molecule has 0 N–H and O–H groups in total. The van der Waals surface area contributed by atoms with E-state index in [1.54, 1.807) is 18.4 Å². The van der Waals surface area contributed by atoms with E-state index in [0.717, 1.165) is 28.0 Å². The fraction of sp³-hybridized carbons (Fsp3) is 0.450. The lowest BCUT2D eigenvalue weighted by molar-refractivity contribution is -0.111. The molecule has 0 unspecified atom stereocenters. The second-order valence-electron chi connectivity index (χ2n) is 7.53. The van der Waals surface area contributed by atoms with E-state index in [1.165, 1.54) is 5.56 Å². The zero-order chi connectivity index (χ0) is 18.0. The zero-order valence-electron chi connectivity index (χ0n) is 15.3. The molecule has 1 aromatic heterocycles. The molecule has 0 aliphatic rings. The van der Waals surface area contributed by atoms with Gasteiger partial charge in [0, 0.05) is 18.1 Å². The predicted octanol–water partition coefficient (Wildman–Crippen LogP) is 5.17. The molecular formula is C20H26O3S. The van der Waals surface area contributed by atoms with Gasteiger partial charge in [0.25, 0.3) is 0 Å². The Kier molecular flexibility index (Phi) is 5.51. The summed E-state index contributed by atoms with van der Waals surface area (Å²) >= 11 is 1.60. The fourth-order valence-electron chi connectivity index (χ4n) is 2.44. The monoisotopic (exact) mass is 346 g/mol. The average molecular weight is 346 g/mol. The van der Waals surface area contributed by atoms with Crippen molar-refractivity contribution in [2.75, 3.05) is 13.9 Å². The molecule has 2 aromatic rings. The third kappa shape index (κ3) is 3.87. The molecule has 0 amide bonds. The predicted molar refractivity (Wildman–Crippen MR) is 100 cm³/mol. The van der Waals surface area contributed by atoms with Gasteiger partial charge in [0.1, 0.15) is 12.0 Å². The van der Waals surface area contributed by atoms with Crippen LogP contribution in [0.1, 0.15) is 45.7 Å². The van der Waals surface area contributed by atoms with E-state index >= 15 is 0 Å². The number of methoxy groups -OCH3 is 1. The van der Waals surface area contributed by atoms with E-state index in [4.69, 9.17) is 9.47 Å². The molecule has 0 bridgehead atoms. The highest BCUT2D eigenvalue weighted by Gasteiger charge is 2.28. The van der Waals surface area contributed by atoms with Crippen LogP contribution >= 0.6 is 11.3 Å². The first-order valence-corrected chi connectivity index (χ1v) is 8.89. The Morgan fingerprint density at radius 2 is 1.71 bits per heavy atom. The minimum atomic E-state index is -0.594. The summed E-state index contributed by atoms with van der Waals surface area (Å²) in [4.78, 5) is 12.5. The van der Waals surface area contributed by atoms with Gasteiger partial charge < -0.3 is 14.3 Å². The summed E-state index contributed by atoms with van der Waals surface area (Å²) in [5.41, 5.74) is 2.80. The number of hydrogen-bond donors (Lipinski definition) is 0. The van der Waals surface area contributed by atoms with E-state index in [1.807, 2.05) is 19.2 Å². The minimum absolute atomic E-state index is 0.119. The van der Waals surface area contributed by atoms with Crippen LogP contribution in [0.15, 0.2) is 29.6 Å². The fourth-order valence-corrected chi connectivity index (χ4v) is 3.63. The first-order chi connectivity index (χ1) is 11.2. The molecule has 2 rings (SSSR count). The first-order valence-electron chi connectivity index (χ1n) is 8.01. The van der Waals surface area contributed by atoms with Crippen LogP contribution in [0.4, 0.5) is 0 Å². The summed E-state index contributed by atoms with van der Waals surface area (Å²) in [6.45, 7) is 10.6. The molecule has 0 saturated carbocycles. The van der Waals surface area contributed by atoms with Crippen molar-refractivity contribution in [1.82, 2.24) is 0 Å². The summed E-state index contributed by atoms with van der Waals surface area (Å²) in [5, 5.41) is 2.01. The van der Waals surface area contributed by atoms with Gasteiger partial charge in [-0.2, -0.15) is 0 Å². The number of thiophene rings is 1. The Balaban J connectivity index is 2.48. The maximum absolute atomic E-state index is 11.5. The molecule has 24 heavy (non-hydrogen) atoms. The van der Waals surface area contributed by atoms with Crippen molar-refractivity contribution in [2.24, 2.45) is 0 Å². The molecule has 1 heterocycles. The lowest BCUT2D eigenvalue weighted by Gasteiger charge is -2.20. The van der Waals surface area contributed by atoms with Crippen molar-refractivity contribution in [3.05, 3.63) is 40.8 Å². The smallest absolute Gasteiger partial charge is 0.188 e. The van der Waals surface area contributed by atoms with Crippen molar-refractivity contribution in [2.45, 2.75) is 45.4 Å². The molecular weight excluding hydrogens is 320 g/mol. The maximum Gasteiger partial charge on any atom is 0.188 e. The van der Waals surface area contributed by atoms with Crippen LogP contribution in [0.5, 0.6) is 5.75 Å². The maximum atomic E-state index is 11.5. The minimum Gasteiger partial charge on any atom is -0.466 e. The third-order valence-electron chi connectivity index (χ3n) is 4.07. The van der Waals surface area contributed by atoms with Crippen molar-refractivity contribution >= 4 is 17.6 Å². The van der Waals surface area contributed by atoms with Gasteiger partial charge >= 0.3 is 0 Å². The van der Waals surface area contributed by atoms with Gasteiger partial charge in [-0.3, -0.25) is 0 Å². The third-order valence-corrected chi connectivity index (χ3v) is 5.08. The van der Waals surface area contributed by atoms with E-state index in [-0.39, 0.29) is 12.2 Å². The number of hydrogen-bond acceptors (Lipinski definition) is 4. The van der Waals surface area contributed by atoms with Gasteiger partial charge in [-0.1, -0.05) is 45.0 Å². The SMILES string of the molecule is COCOc1c(C(C)(C)C=O)csc1-c1ccc(C(C)(C)C)cc1. The lowest BCUT2D eigenvalue weighted by atomic mass is 9.86. The van der Waals surface area contributed by atoms with Crippen LogP contribution in [-0.2, 0) is 20.4 Å². The Bertz CT molecular complexity index is 691. The van der Waals surface area contributed by atoms with Crippen molar-refractivity contribution in [1.29, 1.82) is 0 Å². The summed E-state index contributed by atoms with van der Waals surface area (Å²) in [6.07, 6.45) is 0.960. The van der Waals surface area contributed by atoms with Gasteiger partial charge in [-0.25, -0.2) is 0 Å². The van der Waals surface area contributed by atoms with Crippen LogP contribution in [0, 0.1) is 0 Å². The molecule has 3 nitrogen and oxygen atoms in total. The number of rotatable bonds is 6. The number of benzene rings is 1. The number of ether oxygens (including phenoxy) is 2. The van der Waals surface area contributed by atoms with Crippen LogP contribution < -0.4 is 4.74 Å². The number of aldehydes is 1. The first kappa shape index (κ1) is 18.7. The van der Waals surface area contributed by atoms with Gasteiger partial charge in [-0.15, -0.1) is 11.3 Å². The summed E-state index contributed by atoms with van der Waals surface area (Å²) in [6, 6.07) is 8.53. The number of carbonyl (C=O) groups is 1. The molecule has 0 fully saturated rings. The van der Waals surface area contributed by atoms with Crippen LogP contribution in [0.2, 0.25) is 0 Å². The number of carbonyl (C=O) groups excluding carboxylic acids is 1. The van der Waals surface area contributed by atoms with Crippen molar-refractivity contribution < 1.29 is 14.3 Å². The van der Waals surface area contributed by atoms with Crippen LogP contribution in [0.25, 0.3) is 10.4 Å². The van der Waals surface area contributed by atoms with E-state index in [2.05, 4.69) is 45.0 Å². The highest BCUT2D eigenvalue weighted by atomic mass is 32.1. The molecule has 0 aliphatic heterocycles. The zero-order valence-corrected chi connectivity index (χ0v) is 16.1. The standard InChI is InChI=1S/C20H26O3S/c1-19(2,3)15-9-7-14(8-10-15)18-17(23-13-22-6)16(11-24-18)20(4,5)12-21/h7-12H,13H2,1-6H3. The summed E-state index contributed by atoms with van der Waals surface area (Å²) in [5.74, 6) is 0.738. The second kappa shape index (κ2) is 7.08. The average Bonchev–Trinajstić information content (AvgIpc) is 2.96. The second-order valence-corrected chi connectivity index (χ2v) is 8.41. The van der Waals surface area contributed by atoms with Crippen LogP contribution in [0.3, 0.4) is 0 Å². The Morgan fingerprint density at radius 3 is 2.21 bits per heavy atom. The molecule has 4 heteroatoms. The van der Waals surface area contributed by atoms with Crippen molar-refractivity contribution in [3.63, 3.8) is 0 Å². The Morgan fingerprint density at radius 1 is 1.08 bits per heavy atom. The largest absolute Gasteiger partial charge is 0.466 e. The van der Waals surface area contributed by atoms with Gasteiger partial charge in [-0.05, 0) is 35.8 Å².